The number of benzene rings is 1. The van der Waals surface area contributed by atoms with Gasteiger partial charge in [-0.3, -0.25) is 19.5 Å². The number of hydrogen-bond acceptors (Lipinski definition) is 6. The van der Waals surface area contributed by atoms with E-state index in [2.05, 4.69) is 5.32 Å². The first-order valence-corrected chi connectivity index (χ1v) is 9.19. The Morgan fingerprint density at radius 1 is 1.36 bits per heavy atom. The Morgan fingerprint density at radius 2 is 2.07 bits per heavy atom. The average molecular weight is 413 g/mol. The molecule has 2 aromatic rings. The minimum absolute atomic E-state index is 0. The van der Waals surface area contributed by atoms with Gasteiger partial charge in [-0.25, -0.2) is 4.79 Å². The lowest BCUT2D eigenvalue weighted by Gasteiger charge is -2.32. The highest BCUT2D eigenvalue weighted by Crippen LogP contribution is 2.21. The normalized spacial score (nSPS) is 14.8. The average Bonchev–Trinajstić information content (AvgIpc) is 2.97. The van der Waals surface area contributed by atoms with Crippen LogP contribution in [0.4, 0.5) is 5.69 Å². The molecule has 1 amide bonds. The minimum Gasteiger partial charge on any atom is -0.407 e. The Hall–Kier alpha value is -2.39. The predicted molar refractivity (Wildman–Crippen MR) is 107 cm³/mol. The van der Waals surface area contributed by atoms with Gasteiger partial charge in [0.25, 0.3) is 5.69 Å². The zero-order chi connectivity index (χ0) is 19.4. The van der Waals surface area contributed by atoms with Gasteiger partial charge in [0, 0.05) is 32.1 Å². The van der Waals surface area contributed by atoms with Gasteiger partial charge in [-0.2, -0.15) is 0 Å². The second-order valence-electron chi connectivity index (χ2n) is 6.91. The molecule has 1 aliphatic heterocycles. The van der Waals surface area contributed by atoms with Crippen molar-refractivity contribution in [1.29, 1.82) is 0 Å². The van der Waals surface area contributed by atoms with Gasteiger partial charge >= 0.3 is 5.76 Å². The smallest absolute Gasteiger partial charge is 0.407 e. The minimum atomic E-state index is -0.564. The molecule has 0 saturated carbocycles. The van der Waals surface area contributed by atoms with Crippen LogP contribution in [-0.2, 0) is 11.3 Å². The number of fused-ring (bicyclic) bond motifs is 1. The number of nitrogens with zero attached hydrogens (tertiary/aromatic N) is 3. The van der Waals surface area contributed by atoms with Crippen molar-refractivity contribution in [1.82, 2.24) is 14.8 Å². The molecule has 0 spiro atoms. The van der Waals surface area contributed by atoms with Crippen LogP contribution in [0.5, 0.6) is 0 Å². The molecule has 0 atom stereocenters. The lowest BCUT2D eigenvalue weighted by atomic mass is 9.96. The van der Waals surface area contributed by atoms with E-state index >= 15 is 0 Å². The number of halogens is 1. The topological polar surface area (TPSA) is 111 Å². The number of aromatic nitrogens is 1. The van der Waals surface area contributed by atoms with Crippen molar-refractivity contribution in [2.75, 3.05) is 26.7 Å². The number of hydrogen-bond donors (Lipinski definition) is 1. The summed E-state index contributed by atoms with van der Waals surface area (Å²) in [6, 6.07) is 4.09. The fraction of sp³-hybridized carbons (Fsp3) is 0.556. The fourth-order valence-corrected chi connectivity index (χ4v) is 3.60. The van der Waals surface area contributed by atoms with Gasteiger partial charge in [-0.05, 0) is 44.8 Å². The van der Waals surface area contributed by atoms with Crippen molar-refractivity contribution in [3.63, 3.8) is 0 Å². The maximum absolute atomic E-state index is 12.4. The highest BCUT2D eigenvalue weighted by Gasteiger charge is 2.22. The number of likely N-dealkylation sites (tertiary alicyclic amines) is 1. The number of nitrogens with one attached hydrogen (secondary N) is 1. The van der Waals surface area contributed by atoms with Crippen LogP contribution in [0.25, 0.3) is 11.1 Å². The van der Waals surface area contributed by atoms with Gasteiger partial charge in [-0.15, -0.1) is 12.4 Å². The molecule has 0 bridgehead atoms. The summed E-state index contributed by atoms with van der Waals surface area (Å²) in [5.41, 5.74) is 0.568. The molecule has 3 rings (SSSR count). The highest BCUT2D eigenvalue weighted by atomic mass is 35.5. The van der Waals surface area contributed by atoms with Crippen molar-refractivity contribution in [2.24, 2.45) is 5.92 Å². The van der Waals surface area contributed by atoms with E-state index in [-0.39, 0.29) is 29.6 Å². The van der Waals surface area contributed by atoms with Crippen molar-refractivity contribution in [3.05, 3.63) is 38.9 Å². The summed E-state index contributed by atoms with van der Waals surface area (Å²) in [5.74, 6) is 0.166. The molecule has 1 aromatic heterocycles. The van der Waals surface area contributed by atoms with E-state index < -0.39 is 10.7 Å². The molecule has 1 aromatic carbocycles. The van der Waals surface area contributed by atoms with E-state index in [0.717, 1.165) is 32.5 Å². The van der Waals surface area contributed by atoms with Crippen LogP contribution >= 0.6 is 12.4 Å². The summed E-state index contributed by atoms with van der Waals surface area (Å²) in [4.78, 5) is 36.6. The zero-order valence-electron chi connectivity index (χ0n) is 15.8. The third kappa shape index (κ3) is 4.90. The van der Waals surface area contributed by atoms with Crippen LogP contribution in [-0.4, -0.2) is 47.0 Å². The standard InChI is InChI=1S/C18H24N4O5.ClH/c1-19-12-13-6-9-20(10-7-13)17(23)3-2-8-21-15-5-4-14(22(25)26)11-16(15)27-18(21)24;/h4-5,11,13,19H,2-3,6-10,12H2,1H3;1H. The molecular formula is C18H25ClN4O5. The molecule has 9 nitrogen and oxygen atoms in total. The van der Waals surface area contributed by atoms with E-state index in [0.29, 0.717) is 30.8 Å². The third-order valence-corrected chi connectivity index (χ3v) is 5.10. The summed E-state index contributed by atoms with van der Waals surface area (Å²) in [6.45, 7) is 2.88. The van der Waals surface area contributed by atoms with Crippen molar-refractivity contribution in [3.8, 4) is 0 Å². The Balaban J connectivity index is 0.00000280. The van der Waals surface area contributed by atoms with Crippen LogP contribution < -0.4 is 11.1 Å². The second-order valence-corrected chi connectivity index (χ2v) is 6.91. The van der Waals surface area contributed by atoms with Gasteiger partial charge in [0.1, 0.15) is 0 Å². The van der Waals surface area contributed by atoms with E-state index in [9.17, 15) is 19.7 Å². The van der Waals surface area contributed by atoms with Gasteiger partial charge in [0.15, 0.2) is 5.58 Å². The Kier molecular flexibility index (Phi) is 7.59. The van der Waals surface area contributed by atoms with E-state index in [1.165, 1.54) is 22.8 Å². The largest absolute Gasteiger partial charge is 0.419 e. The first kappa shape index (κ1) is 21.9. The third-order valence-electron chi connectivity index (χ3n) is 5.10. The lowest BCUT2D eigenvalue weighted by molar-refractivity contribution is -0.384. The SMILES string of the molecule is CNCC1CCN(C(=O)CCCn2c(=O)oc3cc([N+](=O)[O-])ccc32)CC1.Cl. The maximum Gasteiger partial charge on any atom is 0.419 e. The summed E-state index contributed by atoms with van der Waals surface area (Å²) < 4.78 is 6.52. The summed E-state index contributed by atoms with van der Waals surface area (Å²) >= 11 is 0. The molecule has 2 heterocycles. The molecule has 0 radical (unpaired) electrons. The van der Waals surface area contributed by atoms with Crippen molar-refractivity contribution < 1.29 is 14.1 Å². The number of non-ortho nitro benzene ring substituents is 1. The lowest BCUT2D eigenvalue weighted by Crippen LogP contribution is -2.40. The molecule has 1 saturated heterocycles. The van der Waals surface area contributed by atoms with Crippen LogP contribution in [0.1, 0.15) is 25.7 Å². The molecule has 10 heteroatoms. The molecule has 0 aliphatic carbocycles. The van der Waals surface area contributed by atoms with Crippen LogP contribution in [0.15, 0.2) is 27.4 Å². The van der Waals surface area contributed by atoms with Gasteiger partial charge < -0.3 is 14.6 Å². The van der Waals surface area contributed by atoms with E-state index in [1.54, 1.807) is 0 Å². The summed E-state index contributed by atoms with van der Waals surface area (Å²) in [5, 5.41) is 14.0. The predicted octanol–water partition coefficient (Wildman–Crippen LogP) is 2.16. The number of oxazole rings is 1. The Labute approximate surface area is 168 Å². The number of rotatable bonds is 7. The number of carbonyl (C=O) groups excluding carboxylic acids is 1. The maximum atomic E-state index is 12.4. The van der Waals surface area contributed by atoms with Crippen LogP contribution in [0, 0.1) is 16.0 Å². The second kappa shape index (κ2) is 9.70. The zero-order valence-corrected chi connectivity index (χ0v) is 16.6. The molecule has 1 fully saturated rings. The Bertz CT molecular complexity index is 886. The number of aryl methyl sites for hydroxylation is 1. The number of nitro benzene ring substituents is 1. The monoisotopic (exact) mass is 412 g/mol. The van der Waals surface area contributed by atoms with Gasteiger partial charge in [0.2, 0.25) is 5.91 Å². The fourth-order valence-electron chi connectivity index (χ4n) is 3.60. The molecular weight excluding hydrogens is 388 g/mol. The molecule has 1 aliphatic rings. The summed E-state index contributed by atoms with van der Waals surface area (Å²) in [6.07, 6.45) is 2.90. The number of carbonyl (C=O) groups is 1. The first-order valence-electron chi connectivity index (χ1n) is 9.19. The van der Waals surface area contributed by atoms with Crippen molar-refractivity contribution >= 4 is 35.1 Å². The molecule has 154 valence electrons. The summed E-state index contributed by atoms with van der Waals surface area (Å²) in [7, 11) is 1.94. The highest BCUT2D eigenvalue weighted by molar-refractivity contribution is 5.85. The molecule has 28 heavy (non-hydrogen) atoms. The quantitative estimate of drug-likeness (QED) is 0.551. The van der Waals surface area contributed by atoms with Crippen molar-refractivity contribution in [2.45, 2.75) is 32.2 Å². The van der Waals surface area contributed by atoms with E-state index in [1.807, 2.05) is 11.9 Å². The molecule has 1 N–H and O–H groups in total. The number of nitro groups is 1. The van der Waals surface area contributed by atoms with Gasteiger partial charge in [0.05, 0.1) is 16.5 Å². The van der Waals surface area contributed by atoms with Crippen LogP contribution in [0.3, 0.4) is 0 Å². The van der Waals surface area contributed by atoms with Crippen LogP contribution in [0.2, 0.25) is 0 Å². The first-order chi connectivity index (χ1) is 13.0. The number of amides is 1. The Morgan fingerprint density at radius 3 is 2.71 bits per heavy atom. The molecule has 0 unspecified atom stereocenters. The van der Waals surface area contributed by atoms with Gasteiger partial charge in [-0.1, -0.05) is 0 Å². The number of piperidine rings is 1. The van der Waals surface area contributed by atoms with E-state index in [4.69, 9.17) is 4.42 Å².